The quantitative estimate of drug-likeness (QED) is 0.547. The maximum absolute atomic E-state index is 13.0. The van der Waals surface area contributed by atoms with Crippen molar-refractivity contribution in [3.8, 4) is 17.0 Å². The number of nitrogens with one attached hydrogen (secondary N) is 3. The molecule has 0 unspecified atom stereocenters. The van der Waals surface area contributed by atoms with Gasteiger partial charge in [0.1, 0.15) is 5.75 Å². The van der Waals surface area contributed by atoms with Crippen LogP contribution in [0.3, 0.4) is 0 Å². The normalized spacial score (nSPS) is 19.9. The predicted molar refractivity (Wildman–Crippen MR) is 110 cm³/mol. The summed E-state index contributed by atoms with van der Waals surface area (Å²) in [6, 6.07) is 13.8. The fourth-order valence-electron chi connectivity index (χ4n) is 4.13. The van der Waals surface area contributed by atoms with Gasteiger partial charge in [0.2, 0.25) is 0 Å². The SMILES string of the molecule is COc1ccc2c(c1)C(=O)N(C[C@@]1(c3ccc(-c4cc[nH]n4)cc3)NC(=O)NC1=O)C2. The first-order chi connectivity index (χ1) is 15.0. The second-order valence-electron chi connectivity index (χ2n) is 7.53. The summed E-state index contributed by atoms with van der Waals surface area (Å²) < 4.78 is 5.22. The lowest BCUT2D eigenvalue weighted by molar-refractivity contribution is -0.124. The lowest BCUT2D eigenvalue weighted by Gasteiger charge is -2.31. The molecule has 0 aliphatic carbocycles. The third-order valence-electron chi connectivity index (χ3n) is 5.74. The van der Waals surface area contributed by atoms with Gasteiger partial charge < -0.3 is 15.0 Å². The molecule has 3 aromatic rings. The number of ether oxygens (including phenoxy) is 1. The zero-order valence-electron chi connectivity index (χ0n) is 16.6. The second-order valence-corrected chi connectivity index (χ2v) is 7.53. The minimum absolute atomic E-state index is 0.00214. The van der Waals surface area contributed by atoms with Gasteiger partial charge in [0.15, 0.2) is 5.54 Å². The number of methoxy groups -OCH3 is 1. The number of nitrogens with zero attached hydrogens (tertiary/aromatic N) is 2. The highest BCUT2D eigenvalue weighted by Crippen LogP contribution is 2.33. The van der Waals surface area contributed by atoms with Crippen LogP contribution in [-0.2, 0) is 16.9 Å². The molecule has 9 nitrogen and oxygen atoms in total. The largest absolute Gasteiger partial charge is 0.497 e. The molecule has 4 amide bonds. The molecule has 0 radical (unpaired) electrons. The van der Waals surface area contributed by atoms with Gasteiger partial charge in [-0.15, -0.1) is 0 Å². The monoisotopic (exact) mass is 417 g/mol. The van der Waals surface area contributed by atoms with Crippen molar-refractivity contribution in [3.63, 3.8) is 0 Å². The molecule has 3 heterocycles. The van der Waals surface area contributed by atoms with E-state index in [4.69, 9.17) is 4.74 Å². The topological polar surface area (TPSA) is 116 Å². The summed E-state index contributed by atoms with van der Waals surface area (Å²) in [6.07, 6.45) is 1.72. The summed E-state index contributed by atoms with van der Waals surface area (Å²) in [7, 11) is 1.54. The van der Waals surface area contributed by atoms with E-state index in [0.717, 1.165) is 16.8 Å². The molecule has 2 aromatic carbocycles. The maximum atomic E-state index is 13.0. The van der Waals surface area contributed by atoms with Crippen LogP contribution in [0.15, 0.2) is 54.7 Å². The Kier molecular flexibility index (Phi) is 4.25. The number of amides is 4. The number of aromatic nitrogens is 2. The molecule has 31 heavy (non-hydrogen) atoms. The molecular formula is C22H19N5O4. The molecule has 1 aromatic heterocycles. The Morgan fingerprint density at radius 2 is 1.90 bits per heavy atom. The van der Waals surface area contributed by atoms with Crippen molar-refractivity contribution in [2.24, 2.45) is 0 Å². The van der Waals surface area contributed by atoms with Crippen molar-refractivity contribution in [2.45, 2.75) is 12.1 Å². The van der Waals surface area contributed by atoms with E-state index < -0.39 is 17.5 Å². The molecule has 0 spiro atoms. The first kappa shape index (κ1) is 18.9. The Labute approximate surface area is 177 Å². The van der Waals surface area contributed by atoms with Crippen molar-refractivity contribution in [1.29, 1.82) is 0 Å². The minimum atomic E-state index is -1.39. The zero-order valence-corrected chi connectivity index (χ0v) is 16.6. The lowest BCUT2D eigenvalue weighted by Crippen LogP contribution is -2.52. The highest BCUT2D eigenvalue weighted by molar-refractivity contribution is 6.08. The van der Waals surface area contributed by atoms with Crippen LogP contribution in [0.2, 0.25) is 0 Å². The van der Waals surface area contributed by atoms with Crippen LogP contribution in [0, 0.1) is 0 Å². The zero-order chi connectivity index (χ0) is 21.6. The number of hydrogen-bond acceptors (Lipinski definition) is 5. The molecular weight excluding hydrogens is 398 g/mol. The van der Waals surface area contributed by atoms with Gasteiger partial charge in [-0.05, 0) is 29.3 Å². The van der Waals surface area contributed by atoms with Crippen molar-refractivity contribution >= 4 is 17.8 Å². The summed E-state index contributed by atoms with van der Waals surface area (Å²) >= 11 is 0. The number of benzene rings is 2. The van der Waals surface area contributed by atoms with Crippen LogP contribution in [-0.4, -0.2) is 46.6 Å². The highest BCUT2D eigenvalue weighted by Gasteiger charge is 2.50. The van der Waals surface area contributed by atoms with Crippen molar-refractivity contribution in [2.75, 3.05) is 13.7 Å². The van der Waals surface area contributed by atoms with E-state index in [1.807, 2.05) is 24.3 Å². The third kappa shape index (κ3) is 3.02. The van der Waals surface area contributed by atoms with Crippen LogP contribution < -0.4 is 15.4 Å². The van der Waals surface area contributed by atoms with E-state index in [1.54, 1.807) is 42.5 Å². The Balaban J connectivity index is 1.48. The Morgan fingerprint density at radius 1 is 1.10 bits per heavy atom. The Morgan fingerprint density at radius 3 is 2.55 bits per heavy atom. The summed E-state index contributed by atoms with van der Waals surface area (Å²) in [5, 5.41) is 12.0. The smallest absolute Gasteiger partial charge is 0.322 e. The standard InChI is InChI=1S/C22H19N5O4/c1-31-16-7-4-14-11-27(19(28)17(14)10-16)12-22(20(29)24-21(30)25-22)15-5-2-13(3-6-15)18-8-9-23-26-18/h2-10H,11-12H2,1H3,(H,23,26)(H2,24,25,29,30)/t22-/m0/s1. The number of hydrogen-bond donors (Lipinski definition) is 3. The first-order valence-electron chi connectivity index (χ1n) is 9.71. The van der Waals surface area contributed by atoms with Gasteiger partial charge in [-0.2, -0.15) is 5.10 Å². The van der Waals surface area contributed by atoms with Gasteiger partial charge in [-0.25, -0.2) is 4.79 Å². The average molecular weight is 417 g/mol. The van der Waals surface area contributed by atoms with Crippen LogP contribution in [0.5, 0.6) is 5.75 Å². The number of carbonyl (C=O) groups excluding carboxylic acids is 3. The number of urea groups is 1. The van der Waals surface area contributed by atoms with Gasteiger partial charge in [-0.3, -0.25) is 20.0 Å². The minimum Gasteiger partial charge on any atom is -0.497 e. The Bertz CT molecular complexity index is 1190. The van der Waals surface area contributed by atoms with E-state index in [1.165, 1.54) is 0 Å². The van der Waals surface area contributed by atoms with E-state index in [2.05, 4.69) is 20.8 Å². The van der Waals surface area contributed by atoms with Crippen LogP contribution in [0.1, 0.15) is 21.5 Å². The van der Waals surface area contributed by atoms with E-state index in [-0.39, 0.29) is 12.5 Å². The molecule has 9 heteroatoms. The molecule has 2 aliphatic rings. The van der Waals surface area contributed by atoms with Crippen LogP contribution in [0.4, 0.5) is 4.79 Å². The number of H-pyrrole nitrogens is 1. The number of aromatic amines is 1. The molecule has 156 valence electrons. The summed E-state index contributed by atoms with van der Waals surface area (Å²) in [5.74, 6) is -0.119. The fourth-order valence-corrected chi connectivity index (χ4v) is 4.13. The van der Waals surface area contributed by atoms with Gasteiger partial charge in [-0.1, -0.05) is 30.3 Å². The lowest BCUT2D eigenvalue weighted by atomic mass is 9.88. The summed E-state index contributed by atoms with van der Waals surface area (Å²) in [6.45, 7) is 0.344. The third-order valence-corrected chi connectivity index (χ3v) is 5.74. The van der Waals surface area contributed by atoms with E-state index in [9.17, 15) is 14.4 Å². The van der Waals surface area contributed by atoms with Crippen molar-refractivity contribution in [3.05, 3.63) is 71.4 Å². The number of fused-ring (bicyclic) bond motifs is 1. The highest BCUT2D eigenvalue weighted by atomic mass is 16.5. The fraction of sp³-hybridized carbons (Fsp3) is 0.182. The van der Waals surface area contributed by atoms with Gasteiger partial charge in [0.25, 0.3) is 11.8 Å². The predicted octanol–water partition coefficient (Wildman–Crippen LogP) is 1.78. The second kappa shape index (κ2) is 6.98. The molecule has 1 atom stereocenters. The number of imide groups is 1. The van der Waals surface area contributed by atoms with Crippen LogP contribution in [0.25, 0.3) is 11.3 Å². The first-order valence-corrected chi connectivity index (χ1v) is 9.71. The van der Waals surface area contributed by atoms with E-state index in [0.29, 0.717) is 23.4 Å². The molecule has 0 bridgehead atoms. The summed E-state index contributed by atoms with van der Waals surface area (Å²) in [4.78, 5) is 39.6. The van der Waals surface area contributed by atoms with Gasteiger partial charge in [0.05, 0.1) is 19.3 Å². The number of carbonyl (C=O) groups is 3. The molecule has 3 N–H and O–H groups in total. The molecule has 1 saturated heterocycles. The Hall–Kier alpha value is -4.14. The molecule has 1 fully saturated rings. The van der Waals surface area contributed by atoms with Gasteiger partial charge in [0, 0.05) is 23.9 Å². The van der Waals surface area contributed by atoms with E-state index >= 15 is 0 Å². The van der Waals surface area contributed by atoms with Crippen molar-refractivity contribution in [1.82, 2.24) is 25.7 Å². The summed E-state index contributed by atoms with van der Waals surface area (Å²) in [5.41, 5.74) is 2.20. The molecule has 2 aliphatic heterocycles. The van der Waals surface area contributed by atoms with Crippen LogP contribution >= 0.6 is 0 Å². The molecule has 5 rings (SSSR count). The molecule has 0 saturated carbocycles. The van der Waals surface area contributed by atoms with Gasteiger partial charge >= 0.3 is 6.03 Å². The number of rotatable bonds is 5. The maximum Gasteiger partial charge on any atom is 0.322 e. The average Bonchev–Trinajstić information content (AvgIpc) is 3.48. The van der Waals surface area contributed by atoms with Crippen molar-refractivity contribution < 1.29 is 19.1 Å².